The van der Waals surface area contributed by atoms with E-state index in [4.69, 9.17) is 0 Å². The van der Waals surface area contributed by atoms with E-state index in [1.807, 2.05) is 0 Å². The van der Waals surface area contributed by atoms with Gasteiger partial charge in [0.1, 0.15) is 16.2 Å². The molecule has 1 aliphatic carbocycles. The van der Waals surface area contributed by atoms with Crippen LogP contribution in [0.5, 0.6) is 0 Å². The highest BCUT2D eigenvalue weighted by Crippen LogP contribution is 2.33. The molecule has 0 unspecified atom stereocenters. The zero-order valence-corrected chi connectivity index (χ0v) is 18.3. The maximum absolute atomic E-state index is 13.1. The van der Waals surface area contributed by atoms with E-state index in [2.05, 4.69) is 15.7 Å². The van der Waals surface area contributed by atoms with Crippen molar-refractivity contribution in [3.05, 3.63) is 26.6 Å². The van der Waals surface area contributed by atoms with Crippen LogP contribution < -0.4 is 16.3 Å². The standard InChI is InChI=1S/C21H25N5O4S/c1-12-14-17(22-13-8-4-2-7-11-25(13)18(14)28)31-15(12)16(27)24-26-19(29)21(23-20(26)30)9-5-3-6-10-21/h2-11H2,1H3,(H,23,30)(H,24,27). The summed E-state index contributed by atoms with van der Waals surface area (Å²) in [5.41, 5.74) is 1.98. The lowest BCUT2D eigenvalue weighted by Gasteiger charge is -2.30. The molecule has 0 aromatic carbocycles. The van der Waals surface area contributed by atoms with Gasteiger partial charge < -0.3 is 5.32 Å². The third-order valence-electron chi connectivity index (χ3n) is 6.70. The Kier molecular flexibility index (Phi) is 4.84. The summed E-state index contributed by atoms with van der Waals surface area (Å²) < 4.78 is 1.72. The number of amides is 4. The van der Waals surface area contributed by atoms with Crippen molar-refractivity contribution in [2.24, 2.45) is 0 Å². The van der Waals surface area contributed by atoms with Gasteiger partial charge in [-0.25, -0.2) is 9.78 Å². The molecular weight excluding hydrogens is 418 g/mol. The van der Waals surface area contributed by atoms with Gasteiger partial charge in [0.25, 0.3) is 17.4 Å². The van der Waals surface area contributed by atoms with Crippen LogP contribution in [0.1, 0.15) is 72.4 Å². The number of hydrogen-bond donors (Lipinski definition) is 2. The second-order valence-electron chi connectivity index (χ2n) is 8.69. The van der Waals surface area contributed by atoms with E-state index in [1.165, 1.54) is 0 Å². The Hall–Kier alpha value is -2.75. The van der Waals surface area contributed by atoms with Crippen molar-refractivity contribution in [1.82, 2.24) is 25.3 Å². The molecule has 2 N–H and O–H groups in total. The van der Waals surface area contributed by atoms with Gasteiger partial charge in [-0.3, -0.25) is 24.4 Å². The average molecular weight is 444 g/mol. The second-order valence-corrected chi connectivity index (χ2v) is 9.69. The van der Waals surface area contributed by atoms with E-state index < -0.39 is 23.4 Å². The minimum absolute atomic E-state index is 0.120. The summed E-state index contributed by atoms with van der Waals surface area (Å²) in [7, 11) is 0. The number of hydrazine groups is 1. The summed E-state index contributed by atoms with van der Waals surface area (Å²) in [6.45, 7) is 2.35. The lowest BCUT2D eigenvalue weighted by Crippen LogP contribution is -2.50. The molecule has 2 aliphatic heterocycles. The highest BCUT2D eigenvalue weighted by atomic mass is 32.1. The lowest BCUT2D eigenvalue weighted by molar-refractivity contribution is -0.134. The number of imide groups is 1. The Morgan fingerprint density at radius 3 is 2.61 bits per heavy atom. The van der Waals surface area contributed by atoms with Gasteiger partial charge in [-0.1, -0.05) is 25.7 Å². The van der Waals surface area contributed by atoms with Crippen LogP contribution >= 0.6 is 11.3 Å². The maximum Gasteiger partial charge on any atom is 0.344 e. The quantitative estimate of drug-likeness (QED) is 0.692. The van der Waals surface area contributed by atoms with Crippen molar-refractivity contribution in [3.8, 4) is 0 Å². The van der Waals surface area contributed by atoms with Crippen LogP contribution in [0.25, 0.3) is 10.2 Å². The number of carbonyl (C=O) groups is 3. The van der Waals surface area contributed by atoms with Crippen molar-refractivity contribution in [2.75, 3.05) is 0 Å². The number of hydrogen-bond acceptors (Lipinski definition) is 6. The van der Waals surface area contributed by atoms with Gasteiger partial charge in [0.2, 0.25) is 0 Å². The number of nitrogens with zero attached hydrogens (tertiary/aromatic N) is 3. The van der Waals surface area contributed by atoms with Gasteiger partial charge >= 0.3 is 6.03 Å². The fourth-order valence-corrected chi connectivity index (χ4v) is 6.08. The topological polar surface area (TPSA) is 113 Å². The number of thiophene rings is 1. The SMILES string of the molecule is Cc1c(C(=O)NN2C(=O)NC3(CCCCC3)C2=O)sc2nc3n(c(=O)c12)CCCCC3. The number of rotatable bonds is 2. The van der Waals surface area contributed by atoms with Crippen LogP contribution in [-0.2, 0) is 17.8 Å². The number of fused-ring (bicyclic) bond motifs is 2. The summed E-state index contributed by atoms with van der Waals surface area (Å²) in [6, 6.07) is -0.607. The monoisotopic (exact) mass is 443 g/mol. The molecule has 1 saturated heterocycles. The molecule has 164 valence electrons. The van der Waals surface area contributed by atoms with Crippen molar-refractivity contribution >= 4 is 39.4 Å². The second kappa shape index (κ2) is 7.44. The molecule has 2 aromatic heterocycles. The first-order valence-electron chi connectivity index (χ1n) is 10.9. The van der Waals surface area contributed by atoms with Gasteiger partial charge in [0, 0.05) is 13.0 Å². The predicted octanol–water partition coefficient (Wildman–Crippen LogP) is 2.39. The highest BCUT2D eigenvalue weighted by molar-refractivity contribution is 7.20. The van der Waals surface area contributed by atoms with E-state index in [0.29, 0.717) is 40.0 Å². The molecule has 5 rings (SSSR count). The maximum atomic E-state index is 13.1. The summed E-state index contributed by atoms with van der Waals surface area (Å²) >= 11 is 1.13. The van der Waals surface area contributed by atoms with Gasteiger partial charge in [0.15, 0.2) is 0 Å². The van der Waals surface area contributed by atoms with Crippen molar-refractivity contribution < 1.29 is 14.4 Å². The molecule has 2 aromatic rings. The predicted molar refractivity (Wildman–Crippen MR) is 115 cm³/mol. The van der Waals surface area contributed by atoms with E-state index in [-0.39, 0.29) is 5.56 Å². The van der Waals surface area contributed by atoms with Gasteiger partial charge in [-0.2, -0.15) is 5.01 Å². The summed E-state index contributed by atoms with van der Waals surface area (Å²) in [5.74, 6) is -0.220. The van der Waals surface area contributed by atoms with E-state index in [0.717, 1.165) is 67.1 Å². The number of aromatic nitrogens is 2. The number of carbonyl (C=O) groups excluding carboxylic acids is 3. The zero-order valence-electron chi connectivity index (χ0n) is 17.5. The van der Waals surface area contributed by atoms with Crippen LogP contribution in [0.2, 0.25) is 0 Å². The molecule has 4 amide bonds. The number of nitrogens with one attached hydrogen (secondary N) is 2. The van der Waals surface area contributed by atoms with E-state index in [9.17, 15) is 19.2 Å². The number of urea groups is 1. The third kappa shape index (κ3) is 3.15. The average Bonchev–Trinajstić information content (AvgIpc) is 3.05. The Bertz CT molecular complexity index is 1160. The molecule has 0 radical (unpaired) electrons. The zero-order chi connectivity index (χ0) is 21.8. The normalized spacial score (nSPS) is 20.6. The highest BCUT2D eigenvalue weighted by Gasteiger charge is 2.52. The molecule has 1 saturated carbocycles. The van der Waals surface area contributed by atoms with Gasteiger partial charge in [-0.15, -0.1) is 11.3 Å². The largest absolute Gasteiger partial charge is 0.344 e. The van der Waals surface area contributed by atoms with Crippen molar-refractivity contribution in [2.45, 2.75) is 76.8 Å². The van der Waals surface area contributed by atoms with Crippen LogP contribution in [0.15, 0.2) is 4.79 Å². The summed E-state index contributed by atoms with van der Waals surface area (Å²) in [5, 5.41) is 4.02. The first-order valence-corrected chi connectivity index (χ1v) is 11.7. The fraction of sp³-hybridized carbons (Fsp3) is 0.571. The Labute approximate surface area is 182 Å². The first-order chi connectivity index (χ1) is 14.9. The molecule has 0 bridgehead atoms. The Morgan fingerprint density at radius 2 is 1.84 bits per heavy atom. The molecule has 0 atom stereocenters. The summed E-state index contributed by atoms with van der Waals surface area (Å²) in [6.07, 6.45) is 7.66. The molecule has 10 heteroatoms. The molecule has 2 fully saturated rings. The van der Waals surface area contributed by atoms with Crippen molar-refractivity contribution in [3.63, 3.8) is 0 Å². The molecule has 3 aliphatic rings. The summed E-state index contributed by atoms with van der Waals surface area (Å²) in [4.78, 5) is 57.0. The minimum Gasteiger partial charge on any atom is -0.322 e. The molecule has 31 heavy (non-hydrogen) atoms. The van der Waals surface area contributed by atoms with Crippen LogP contribution in [-0.4, -0.2) is 37.9 Å². The first kappa shape index (κ1) is 20.2. The van der Waals surface area contributed by atoms with Gasteiger partial charge in [-0.05, 0) is 38.2 Å². The molecular formula is C21H25N5O4S. The van der Waals surface area contributed by atoms with Crippen LogP contribution in [0.3, 0.4) is 0 Å². The van der Waals surface area contributed by atoms with Crippen molar-refractivity contribution in [1.29, 1.82) is 0 Å². The van der Waals surface area contributed by atoms with Gasteiger partial charge in [0.05, 0.1) is 10.3 Å². The third-order valence-corrected chi connectivity index (χ3v) is 7.88. The van der Waals surface area contributed by atoms with E-state index >= 15 is 0 Å². The molecule has 4 heterocycles. The minimum atomic E-state index is -0.907. The lowest BCUT2D eigenvalue weighted by atomic mass is 9.82. The van der Waals surface area contributed by atoms with Crippen LogP contribution in [0.4, 0.5) is 4.79 Å². The van der Waals surface area contributed by atoms with Crippen LogP contribution in [0, 0.1) is 6.92 Å². The van der Waals surface area contributed by atoms with E-state index in [1.54, 1.807) is 11.5 Å². The molecule has 9 nitrogen and oxygen atoms in total. The molecule has 1 spiro atoms. The smallest absolute Gasteiger partial charge is 0.322 e. The Balaban J connectivity index is 1.46. The number of aryl methyl sites for hydroxylation is 2. The fourth-order valence-electron chi connectivity index (χ4n) is 4.99. The Morgan fingerprint density at radius 1 is 1.10 bits per heavy atom.